The number of carbonyl (C=O) groups is 2. The van der Waals surface area contributed by atoms with Gasteiger partial charge in [0, 0.05) is 10.0 Å². The molecule has 1 unspecified atom stereocenters. The molecule has 0 bridgehead atoms. The molecule has 0 fully saturated rings. The van der Waals surface area contributed by atoms with Gasteiger partial charge in [0.05, 0.1) is 33.8 Å². The number of benzene rings is 2. The average Bonchev–Trinajstić information content (AvgIpc) is 2.71. The first-order chi connectivity index (χ1) is 14.3. The predicted octanol–water partition coefficient (Wildman–Crippen LogP) is 3.98. The number of esters is 1. The number of hydrogen-bond donors (Lipinski definition) is 1. The van der Waals surface area contributed by atoms with Crippen molar-refractivity contribution in [1.82, 2.24) is 5.32 Å². The van der Waals surface area contributed by atoms with Crippen molar-refractivity contribution in [2.24, 2.45) is 0 Å². The molecule has 0 aliphatic heterocycles. The fourth-order valence-electron chi connectivity index (χ4n) is 2.81. The molecule has 1 N–H and O–H groups in total. The summed E-state index contributed by atoms with van der Waals surface area (Å²) in [5, 5.41) is 3.67. The van der Waals surface area contributed by atoms with E-state index in [1.165, 1.54) is 21.3 Å². The van der Waals surface area contributed by atoms with E-state index < -0.39 is 18.5 Å². The van der Waals surface area contributed by atoms with E-state index in [1.807, 2.05) is 0 Å². The van der Waals surface area contributed by atoms with Crippen LogP contribution in [-0.2, 0) is 20.7 Å². The van der Waals surface area contributed by atoms with Crippen LogP contribution < -0.4 is 19.5 Å². The second-order valence-corrected chi connectivity index (χ2v) is 7.17. The van der Waals surface area contributed by atoms with Crippen LogP contribution in [0.4, 0.5) is 0 Å². The summed E-state index contributed by atoms with van der Waals surface area (Å²) < 4.78 is 20.9. The molecule has 30 heavy (non-hydrogen) atoms. The molecule has 9 heteroatoms. The fourth-order valence-corrected chi connectivity index (χ4v) is 3.39. The molecule has 0 saturated heterocycles. The average molecular weight is 456 g/mol. The lowest BCUT2D eigenvalue weighted by molar-refractivity contribution is -0.148. The van der Waals surface area contributed by atoms with Crippen molar-refractivity contribution in [3.05, 3.63) is 51.5 Å². The van der Waals surface area contributed by atoms with Crippen molar-refractivity contribution in [2.75, 3.05) is 27.9 Å². The van der Waals surface area contributed by atoms with Gasteiger partial charge in [0.1, 0.15) is 0 Å². The van der Waals surface area contributed by atoms with E-state index >= 15 is 0 Å². The van der Waals surface area contributed by atoms with Gasteiger partial charge in [-0.05, 0) is 42.3 Å². The molecule has 0 aliphatic rings. The number of amides is 1. The number of hydrogen-bond acceptors (Lipinski definition) is 6. The second-order valence-electron chi connectivity index (χ2n) is 6.33. The van der Waals surface area contributed by atoms with Crippen LogP contribution >= 0.6 is 23.2 Å². The minimum atomic E-state index is -0.573. The summed E-state index contributed by atoms with van der Waals surface area (Å²) in [4.78, 5) is 24.3. The van der Waals surface area contributed by atoms with Crippen molar-refractivity contribution < 1.29 is 28.5 Å². The Hall–Kier alpha value is -2.64. The molecule has 0 heterocycles. The zero-order valence-electron chi connectivity index (χ0n) is 17.1. The van der Waals surface area contributed by atoms with Crippen molar-refractivity contribution in [3.8, 4) is 17.2 Å². The van der Waals surface area contributed by atoms with Crippen LogP contribution in [0.15, 0.2) is 30.3 Å². The summed E-state index contributed by atoms with van der Waals surface area (Å²) >= 11 is 12.0. The van der Waals surface area contributed by atoms with E-state index in [0.29, 0.717) is 38.4 Å². The summed E-state index contributed by atoms with van der Waals surface area (Å²) in [5.74, 6) is 0.242. The second kappa shape index (κ2) is 10.9. The van der Waals surface area contributed by atoms with Crippen molar-refractivity contribution in [1.29, 1.82) is 0 Å². The highest BCUT2D eigenvalue weighted by atomic mass is 35.5. The Morgan fingerprint density at radius 3 is 2.17 bits per heavy atom. The molecule has 162 valence electrons. The van der Waals surface area contributed by atoms with Crippen LogP contribution in [0.3, 0.4) is 0 Å². The first-order valence-corrected chi connectivity index (χ1v) is 9.73. The minimum Gasteiger partial charge on any atom is -0.493 e. The van der Waals surface area contributed by atoms with Crippen molar-refractivity contribution >= 4 is 35.1 Å². The zero-order chi connectivity index (χ0) is 22.3. The molecular formula is C21H23Cl2NO6. The summed E-state index contributed by atoms with van der Waals surface area (Å²) in [5.41, 5.74) is 1.30. The van der Waals surface area contributed by atoms with Gasteiger partial charge < -0.3 is 24.3 Å². The van der Waals surface area contributed by atoms with Crippen LogP contribution in [-0.4, -0.2) is 39.8 Å². The molecule has 2 aromatic rings. The Morgan fingerprint density at radius 1 is 1.00 bits per heavy atom. The van der Waals surface area contributed by atoms with Gasteiger partial charge in [-0.3, -0.25) is 9.59 Å². The maximum Gasteiger partial charge on any atom is 0.310 e. The summed E-state index contributed by atoms with van der Waals surface area (Å²) in [7, 11) is 4.46. The lowest BCUT2D eigenvalue weighted by Crippen LogP contribution is -2.31. The molecule has 0 aliphatic carbocycles. The molecule has 0 aromatic heterocycles. The predicted molar refractivity (Wildman–Crippen MR) is 114 cm³/mol. The quantitative estimate of drug-likeness (QED) is 0.575. The molecule has 0 saturated carbocycles. The summed E-state index contributed by atoms with van der Waals surface area (Å²) in [6, 6.07) is 7.92. The lowest BCUT2D eigenvalue weighted by atomic mass is 10.1. The van der Waals surface area contributed by atoms with Crippen molar-refractivity contribution in [3.63, 3.8) is 0 Å². The molecule has 7 nitrogen and oxygen atoms in total. The van der Waals surface area contributed by atoms with Crippen LogP contribution in [0.25, 0.3) is 0 Å². The van der Waals surface area contributed by atoms with Crippen LogP contribution in [0.5, 0.6) is 17.2 Å². The first-order valence-electron chi connectivity index (χ1n) is 8.97. The maximum absolute atomic E-state index is 12.2. The van der Waals surface area contributed by atoms with Crippen LogP contribution in [0.2, 0.25) is 10.0 Å². The van der Waals surface area contributed by atoms with Crippen LogP contribution in [0, 0.1) is 0 Å². The first kappa shape index (κ1) is 23.6. The molecule has 0 spiro atoms. The van der Waals surface area contributed by atoms with E-state index in [1.54, 1.807) is 37.3 Å². The number of rotatable bonds is 9. The highest BCUT2D eigenvalue weighted by Crippen LogP contribution is 2.38. The Balaban J connectivity index is 1.93. The molecule has 2 aromatic carbocycles. The summed E-state index contributed by atoms with van der Waals surface area (Å²) in [6.45, 7) is 1.35. The topological polar surface area (TPSA) is 83.1 Å². The number of methoxy groups -OCH3 is 3. The molecular weight excluding hydrogens is 433 g/mol. The van der Waals surface area contributed by atoms with Gasteiger partial charge in [-0.1, -0.05) is 29.3 Å². The van der Waals surface area contributed by atoms with Crippen LogP contribution in [0.1, 0.15) is 24.1 Å². The maximum atomic E-state index is 12.2. The monoisotopic (exact) mass is 455 g/mol. The van der Waals surface area contributed by atoms with Gasteiger partial charge in [0.15, 0.2) is 18.1 Å². The molecule has 2 rings (SSSR count). The number of nitrogens with one attached hydrogen (secondary N) is 1. The van der Waals surface area contributed by atoms with Gasteiger partial charge in [0.2, 0.25) is 5.75 Å². The molecule has 1 atom stereocenters. The highest BCUT2D eigenvalue weighted by Gasteiger charge is 2.17. The minimum absolute atomic E-state index is 0.0669. The smallest absolute Gasteiger partial charge is 0.310 e. The van der Waals surface area contributed by atoms with Gasteiger partial charge in [0.25, 0.3) is 5.91 Å². The number of carbonyl (C=O) groups excluding carboxylic acids is 2. The van der Waals surface area contributed by atoms with E-state index in [-0.39, 0.29) is 12.5 Å². The van der Waals surface area contributed by atoms with Gasteiger partial charge >= 0.3 is 5.97 Å². The van der Waals surface area contributed by atoms with Crippen molar-refractivity contribution in [2.45, 2.75) is 19.4 Å². The molecule has 0 radical (unpaired) electrons. The fraction of sp³-hybridized carbons (Fsp3) is 0.333. The number of halogens is 2. The third-order valence-corrected chi connectivity index (χ3v) is 4.81. The van der Waals surface area contributed by atoms with E-state index in [9.17, 15) is 9.59 Å². The van der Waals surface area contributed by atoms with Gasteiger partial charge in [-0.2, -0.15) is 0 Å². The lowest BCUT2D eigenvalue weighted by Gasteiger charge is -2.16. The summed E-state index contributed by atoms with van der Waals surface area (Å²) in [6.07, 6.45) is -0.0669. The SMILES string of the molecule is COc1cc(CC(=O)OCC(=O)NC(C)c2ccc(Cl)cc2Cl)cc(OC)c1OC. The Labute approximate surface area is 185 Å². The van der Waals surface area contributed by atoms with E-state index in [4.69, 9.17) is 42.1 Å². The number of ether oxygens (including phenoxy) is 4. The Morgan fingerprint density at radius 2 is 1.63 bits per heavy atom. The van der Waals surface area contributed by atoms with E-state index in [0.717, 1.165) is 0 Å². The zero-order valence-corrected chi connectivity index (χ0v) is 18.6. The third kappa shape index (κ3) is 6.18. The van der Waals surface area contributed by atoms with Gasteiger partial charge in [-0.25, -0.2) is 0 Å². The van der Waals surface area contributed by atoms with E-state index in [2.05, 4.69) is 5.32 Å². The third-order valence-electron chi connectivity index (χ3n) is 4.24. The van der Waals surface area contributed by atoms with Gasteiger partial charge in [-0.15, -0.1) is 0 Å². The highest BCUT2D eigenvalue weighted by molar-refractivity contribution is 6.35. The normalized spacial score (nSPS) is 11.4. The molecule has 1 amide bonds. The Bertz CT molecular complexity index is 893. The Kier molecular flexibility index (Phi) is 8.62. The largest absolute Gasteiger partial charge is 0.493 e. The standard InChI is InChI=1S/C21H23Cl2NO6/c1-12(15-6-5-14(22)10-16(15)23)24-19(25)11-30-20(26)9-13-7-17(27-2)21(29-4)18(8-13)28-3/h5-8,10,12H,9,11H2,1-4H3,(H,24,25).